The standard InChI is InChI=1S/C14H20OS/c1-4-5-6-13(3)11-16(15)14-9-7-12(2)8-10-14/h7-11H,4-6H2,1-3H3/b13-11-/t16-/m1/s1. The summed E-state index contributed by atoms with van der Waals surface area (Å²) in [5.74, 6) is 0. The van der Waals surface area contributed by atoms with E-state index < -0.39 is 10.8 Å². The molecule has 1 atom stereocenters. The summed E-state index contributed by atoms with van der Waals surface area (Å²) >= 11 is 0. The highest BCUT2D eigenvalue weighted by molar-refractivity contribution is 7.88. The molecule has 0 saturated carbocycles. The third kappa shape index (κ3) is 4.31. The second-order valence-electron chi connectivity index (χ2n) is 4.18. The molecule has 0 aliphatic rings. The fourth-order valence-electron chi connectivity index (χ4n) is 1.44. The topological polar surface area (TPSA) is 17.1 Å². The maximum Gasteiger partial charge on any atom is 0.0775 e. The van der Waals surface area contributed by atoms with Gasteiger partial charge in [0, 0.05) is 10.3 Å². The number of rotatable bonds is 5. The van der Waals surface area contributed by atoms with Gasteiger partial charge in [0.25, 0.3) is 0 Å². The van der Waals surface area contributed by atoms with Crippen LogP contribution in [0.4, 0.5) is 0 Å². The molecular weight excluding hydrogens is 216 g/mol. The van der Waals surface area contributed by atoms with Gasteiger partial charge in [-0.1, -0.05) is 36.6 Å². The largest absolute Gasteiger partial charge is 0.250 e. The van der Waals surface area contributed by atoms with Crippen LogP contribution in [0.1, 0.15) is 38.7 Å². The van der Waals surface area contributed by atoms with Crippen LogP contribution in [0.2, 0.25) is 0 Å². The number of allylic oxidation sites excluding steroid dienone is 1. The van der Waals surface area contributed by atoms with E-state index in [1.807, 2.05) is 36.6 Å². The highest BCUT2D eigenvalue weighted by Gasteiger charge is 2.00. The highest BCUT2D eigenvalue weighted by Crippen LogP contribution is 2.13. The zero-order valence-corrected chi connectivity index (χ0v) is 11.1. The Hall–Kier alpha value is -0.890. The molecule has 0 N–H and O–H groups in total. The molecule has 0 radical (unpaired) electrons. The fourth-order valence-corrected chi connectivity index (χ4v) is 2.46. The average molecular weight is 236 g/mol. The minimum absolute atomic E-state index is 0.890. The van der Waals surface area contributed by atoms with Gasteiger partial charge in [-0.15, -0.1) is 0 Å². The van der Waals surface area contributed by atoms with Crippen molar-refractivity contribution in [3.63, 3.8) is 0 Å². The van der Waals surface area contributed by atoms with E-state index in [4.69, 9.17) is 0 Å². The van der Waals surface area contributed by atoms with Crippen LogP contribution in [0.3, 0.4) is 0 Å². The number of hydrogen-bond acceptors (Lipinski definition) is 1. The monoisotopic (exact) mass is 236 g/mol. The molecule has 1 nitrogen and oxygen atoms in total. The van der Waals surface area contributed by atoms with Gasteiger partial charge in [0.1, 0.15) is 0 Å². The molecule has 0 saturated heterocycles. The molecule has 0 amide bonds. The third-order valence-corrected chi connectivity index (χ3v) is 3.84. The molecule has 0 fully saturated rings. The Labute approximate surface area is 101 Å². The van der Waals surface area contributed by atoms with Crippen LogP contribution in [0.5, 0.6) is 0 Å². The van der Waals surface area contributed by atoms with E-state index in [0.29, 0.717) is 0 Å². The molecule has 0 aliphatic carbocycles. The van der Waals surface area contributed by atoms with E-state index in [0.717, 1.165) is 11.3 Å². The lowest BCUT2D eigenvalue weighted by molar-refractivity contribution is 0.688. The minimum atomic E-state index is -0.987. The van der Waals surface area contributed by atoms with Gasteiger partial charge < -0.3 is 0 Å². The Morgan fingerprint density at radius 3 is 2.50 bits per heavy atom. The lowest BCUT2D eigenvalue weighted by Crippen LogP contribution is -1.89. The van der Waals surface area contributed by atoms with Gasteiger partial charge in [-0.3, -0.25) is 0 Å². The van der Waals surface area contributed by atoms with Gasteiger partial charge in [-0.05, 0) is 38.8 Å². The first-order chi connectivity index (χ1) is 7.63. The maximum absolute atomic E-state index is 12.0. The summed E-state index contributed by atoms with van der Waals surface area (Å²) < 4.78 is 12.0. The summed E-state index contributed by atoms with van der Waals surface area (Å²) in [5.41, 5.74) is 2.42. The molecule has 1 aromatic carbocycles. The first kappa shape index (κ1) is 13.2. The van der Waals surface area contributed by atoms with Gasteiger partial charge in [0.05, 0.1) is 10.8 Å². The Kier molecular flexibility index (Phi) is 5.47. The second-order valence-corrected chi connectivity index (χ2v) is 5.48. The second kappa shape index (κ2) is 6.64. The van der Waals surface area contributed by atoms with Crippen LogP contribution < -0.4 is 0 Å². The van der Waals surface area contributed by atoms with Crippen molar-refractivity contribution in [2.24, 2.45) is 0 Å². The highest BCUT2D eigenvalue weighted by atomic mass is 32.2. The summed E-state index contributed by atoms with van der Waals surface area (Å²) in [6, 6.07) is 7.88. The summed E-state index contributed by atoms with van der Waals surface area (Å²) in [7, 11) is -0.987. The van der Waals surface area contributed by atoms with E-state index in [-0.39, 0.29) is 0 Å². The summed E-state index contributed by atoms with van der Waals surface area (Å²) in [4.78, 5) is 0.890. The number of benzene rings is 1. The smallest absolute Gasteiger partial charge is 0.0775 e. The Morgan fingerprint density at radius 1 is 1.31 bits per heavy atom. The van der Waals surface area contributed by atoms with Crippen LogP contribution >= 0.6 is 0 Å². The number of hydrogen-bond donors (Lipinski definition) is 0. The predicted octanol–water partition coefficient (Wildman–Crippen LogP) is 4.20. The van der Waals surface area contributed by atoms with Crippen molar-refractivity contribution in [3.05, 3.63) is 40.8 Å². The van der Waals surface area contributed by atoms with Gasteiger partial charge in [-0.25, -0.2) is 4.21 Å². The van der Waals surface area contributed by atoms with Crippen molar-refractivity contribution < 1.29 is 4.21 Å². The molecule has 0 bridgehead atoms. The molecule has 0 unspecified atom stereocenters. The van der Waals surface area contributed by atoms with Crippen molar-refractivity contribution >= 4 is 10.8 Å². The maximum atomic E-state index is 12.0. The predicted molar refractivity (Wildman–Crippen MR) is 70.9 cm³/mol. The molecule has 1 aromatic rings. The molecule has 0 heterocycles. The molecule has 2 heteroatoms. The van der Waals surface area contributed by atoms with Crippen LogP contribution in [0.25, 0.3) is 0 Å². The quantitative estimate of drug-likeness (QED) is 0.749. The van der Waals surface area contributed by atoms with Gasteiger partial charge in [0.15, 0.2) is 0 Å². The third-order valence-electron chi connectivity index (χ3n) is 2.49. The first-order valence-corrected chi connectivity index (χ1v) is 6.99. The normalized spacial score (nSPS) is 13.8. The van der Waals surface area contributed by atoms with Crippen molar-refractivity contribution in [1.82, 2.24) is 0 Å². The van der Waals surface area contributed by atoms with E-state index in [1.54, 1.807) is 0 Å². The van der Waals surface area contributed by atoms with Crippen molar-refractivity contribution in [3.8, 4) is 0 Å². The summed E-state index contributed by atoms with van der Waals surface area (Å²) in [6.07, 6.45) is 3.41. The van der Waals surface area contributed by atoms with Crippen molar-refractivity contribution in [2.45, 2.75) is 44.9 Å². The zero-order valence-electron chi connectivity index (χ0n) is 10.3. The Morgan fingerprint density at radius 2 is 1.94 bits per heavy atom. The minimum Gasteiger partial charge on any atom is -0.250 e. The fraction of sp³-hybridized carbons (Fsp3) is 0.429. The van der Waals surface area contributed by atoms with Gasteiger partial charge in [-0.2, -0.15) is 0 Å². The van der Waals surface area contributed by atoms with E-state index in [2.05, 4.69) is 13.8 Å². The van der Waals surface area contributed by atoms with E-state index in [9.17, 15) is 4.21 Å². The Bertz CT molecular complexity index is 376. The van der Waals surface area contributed by atoms with Gasteiger partial charge in [0.2, 0.25) is 0 Å². The van der Waals surface area contributed by atoms with Crippen molar-refractivity contribution in [2.75, 3.05) is 0 Å². The summed E-state index contributed by atoms with van der Waals surface area (Å²) in [5, 5.41) is 1.88. The molecule has 16 heavy (non-hydrogen) atoms. The van der Waals surface area contributed by atoms with Crippen LogP contribution in [0.15, 0.2) is 40.1 Å². The zero-order chi connectivity index (χ0) is 12.0. The Balaban J connectivity index is 2.67. The first-order valence-electron chi connectivity index (χ1n) is 5.78. The van der Waals surface area contributed by atoms with Crippen LogP contribution in [0, 0.1) is 6.92 Å². The van der Waals surface area contributed by atoms with Crippen molar-refractivity contribution in [1.29, 1.82) is 0 Å². The van der Waals surface area contributed by atoms with Crippen LogP contribution in [-0.4, -0.2) is 4.21 Å². The molecule has 0 aromatic heterocycles. The summed E-state index contributed by atoms with van der Waals surface area (Å²) in [6.45, 7) is 6.26. The lowest BCUT2D eigenvalue weighted by Gasteiger charge is -2.01. The van der Waals surface area contributed by atoms with E-state index in [1.165, 1.54) is 24.0 Å². The number of aryl methyl sites for hydroxylation is 1. The van der Waals surface area contributed by atoms with Gasteiger partial charge >= 0.3 is 0 Å². The SMILES string of the molecule is CCCC/C(C)=C\[S@@](=O)c1ccc(C)cc1. The lowest BCUT2D eigenvalue weighted by atomic mass is 10.2. The molecule has 0 aliphatic heterocycles. The van der Waals surface area contributed by atoms with Crippen LogP contribution in [-0.2, 0) is 10.8 Å². The number of unbranched alkanes of at least 4 members (excludes halogenated alkanes) is 1. The average Bonchev–Trinajstić information content (AvgIpc) is 2.27. The molecular formula is C14H20OS. The molecule has 1 rings (SSSR count). The van der Waals surface area contributed by atoms with E-state index >= 15 is 0 Å². The molecule has 0 spiro atoms. The molecule has 88 valence electrons.